The van der Waals surface area contributed by atoms with E-state index in [-0.39, 0.29) is 25.7 Å². The first-order valence-corrected chi connectivity index (χ1v) is 44.2. The van der Waals surface area contributed by atoms with Gasteiger partial charge in [0.25, 0.3) is 0 Å². The predicted octanol–water partition coefficient (Wildman–Crippen LogP) is 24.0. The summed E-state index contributed by atoms with van der Waals surface area (Å²) in [6.07, 6.45) is 77.2. The van der Waals surface area contributed by atoms with Crippen LogP contribution in [0, 0.1) is 0 Å². The summed E-state index contributed by atoms with van der Waals surface area (Å²) in [5.74, 6) is -2.18. The minimum atomic E-state index is -4.98. The van der Waals surface area contributed by atoms with Crippen molar-refractivity contribution in [1.29, 1.82) is 0 Å². The molecule has 5 atom stereocenters. The van der Waals surface area contributed by atoms with E-state index in [1.807, 2.05) is 0 Å². The van der Waals surface area contributed by atoms with Gasteiger partial charge in [0.15, 0.2) is 12.2 Å². The fourth-order valence-electron chi connectivity index (χ4n) is 11.4. The molecule has 5 unspecified atom stereocenters. The molecule has 17 nitrogen and oxygen atoms in total. The highest BCUT2D eigenvalue weighted by Crippen LogP contribution is 2.45. The second-order valence-electron chi connectivity index (χ2n) is 27.7. The third kappa shape index (κ3) is 74.8. The van der Waals surface area contributed by atoms with Gasteiger partial charge in [-0.2, -0.15) is 0 Å². The molecule has 0 aromatic heterocycles. The highest BCUT2D eigenvalue weighted by atomic mass is 31.2. The number of ether oxygens (including phenoxy) is 4. The largest absolute Gasteiger partial charge is 0.472 e. The van der Waals surface area contributed by atoms with Gasteiger partial charge in [0.05, 0.1) is 26.4 Å². The van der Waals surface area contributed by atoms with Crippen LogP contribution in [0.15, 0.2) is 72.9 Å². The van der Waals surface area contributed by atoms with Gasteiger partial charge >= 0.3 is 39.5 Å². The summed E-state index contributed by atoms with van der Waals surface area (Å²) < 4.78 is 68.7. The summed E-state index contributed by atoms with van der Waals surface area (Å²) in [6, 6.07) is 0. The third-order valence-corrected chi connectivity index (χ3v) is 19.6. The molecule has 0 rings (SSSR count). The Morgan fingerprint density at radius 2 is 0.510 bits per heavy atom. The Hall–Kier alpha value is -3.50. The first-order valence-electron chi connectivity index (χ1n) is 41.2. The highest BCUT2D eigenvalue weighted by molar-refractivity contribution is 7.47. The molecule has 0 amide bonds. The second kappa shape index (κ2) is 75.7. The van der Waals surface area contributed by atoms with E-state index in [4.69, 9.17) is 37.0 Å². The van der Waals surface area contributed by atoms with Crippen LogP contribution in [0.3, 0.4) is 0 Å². The van der Waals surface area contributed by atoms with E-state index in [0.29, 0.717) is 25.7 Å². The summed E-state index contributed by atoms with van der Waals surface area (Å²) in [4.78, 5) is 73.1. The number of rotatable bonds is 78. The van der Waals surface area contributed by atoms with E-state index >= 15 is 0 Å². The van der Waals surface area contributed by atoms with E-state index in [9.17, 15) is 43.2 Å². The maximum absolute atomic E-state index is 13.1. The fourth-order valence-corrected chi connectivity index (χ4v) is 13.0. The van der Waals surface area contributed by atoms with Gasteiger partial charge in [-0.3, -0.25) is 37.3 Å². The average molecular weight is 1480 g/mol. The summed E-state index contributed by atoms with van der Waals surface area (Å²) >= 11 is 0. The van der Waals surface area contributed by atoms with Crippen molar-refractivity contribution < 1.29 is 80.2 Å². The highest BCUT2D eigenvalue weighted by Gasteiger charge is 2.30. The number of carbonyl (C=O) groups excluding carboxylic acids is 4. The number of esters is 4. The first kappa shape index (κ1) is 98.5. The predicted molar refractivity (Wildman–Crippen MR) is 418 cm³/mol. The molecule has 102 heavy (non-hydrogen) atoms. The van der Waals surface area contributed by atoms with Gasteiger partial charge in [0.2, 0.25) is 0 Å². The lowest BCUT2D eigenvalue weighted by Crippen LogP contribution is -2.30. The normalized spacial score (nSPS) is 14.2. The van der Waals surface area contributed by atoms with Gasteiger partial charge in [-0.25, -0.2) is 9.13 Å². The summed E-state index contributed by atoms with van der Waals surface area (Å²) in [7, 11) is -9.95. The number of hydrogen-bond donors (Lipinski definition) is 3. The van der Waals surface area contributed by atoms with Crippen molar-refractivity contribution in [3.63, 3.8) is 0 Å². The molecule has 0 radical (unpaired) electrons. The molecule has 594 valence electrons. The third-order valence-electron chi connectivity index (χ3n) is 17.7. The van der Waals surface area contributed by atoms with Crippen LogP contribution in [-0.4, -0.2) is 96.7 Å². The number of unbranched alkanes of at least 4 members (excludes halogenated alkanes) is 40. The van der Waals surface area contributed by atoms with Gasteiger partial charge < -0.3 is 33.8 Å². The standard InChI is InChI=1S/C83H150O17P2/c1-5-9-13-17-21-25-29-33-37-38-42-44-48-52-56-60-64-68-81(86)94-74-79(100-83(88)70-66-62-58-54-50-46-41-36-32-28-24-20-16-12-8-4)76-98-102(91,92)96-72-77(84)71-95-101(89,90)97-75-78(99-82(87)69-65-61-57-53-49-45-40-35-31-27-23-19-15-11-7-3)73-93-80(85)67-63-59-55-51-47-43-39-34-30-26-22-18-14-10-6-2/h9,13,21,24-25,28,33-34,36-37,39,41,77-79,84H,5-8,10-12,14-20,22-23,26-27,29-32,35,38,40,42-76H2,1-4H3,(H,89,90)(H,91,92)/b13-9-,25-21-,28-24-,37-33-,39-34-,41-36-. The van der Waals surface area contributed by atoms with Crippen LogP contribution < -0.4 is 0 Å². The molecule has 0 spiro atoms. The van der Waals surface area contributed by atoms with Crippen molar-refractivity contribution in [3.8, 4) is 0 Å². The number of carbonyl (C=O) groups is 4. The molecule has 0 saturated heterocycles. The zero-order valence-corrected chi connectivity index (χ0v) is 66.8. The van der Waals surface area contributed by atoms with Crippen molar-refractivity contribution in [2.45, 2.75) is 393 Å². The van der Waals surface area contributed by atoms with E-state index in [0.717, 1.165) is 173 Å². The number of aliphatic hydroxyl groups excluding tert-OH is 1. The summed E-state index contributed by atoms with van der Waals surface area (Å²) in [5, 5.41) is 10.6. The maximum Gasteiger partial charge on any atom is 0.472 e. The zero-order valence-electron chi connectivity index (χ0n) is 65.0. The number of aliphatic hydroxyl groups is 1. The average Bonchev–Trinajstić information content (AvgIpc) is 0.923. The fraction of sp³-hybridized carbons (Fsp3) is 0.807. The molecule has 0 aromatic carbocycles. The Morgan fingerprint density at radius 3 is 0.814 bits per heavy atom. The number of phosphoric acid groups is 2. The second-order valence-corrected chi connectivity index (χ2v) is 30.6. The van der Waals surface area contributed by atoms with Crippen LogP contribution in [0.5, 0.6) is 0 Å². The molecular formula is C83H150O17P2. The van der Waals surface area contributed by atoms with Gasteiger partial charge in [0.1, 0.15) is 19.3 Å². The molecule has 0 aliphatic heterocycles. The van der Waals surface area contributed by atoms with E-state index < -0.39 is 97.5 Å². The van der Waals surface area contributed by atoms with Gasteiger partial charge in [-0.1, -0.05) is 306 Å². The van der Waals surface area contributed by atoms with Gasteiger partial charge in [-0.15, -0.1) is 0 Å². The molecule has 0 aromatic rings. The monoisotopic (exact) mass is 1480 g/mol. The van der Waals surface area contributed by atoms with Crippen molar-refractivity contribution in [2.75, 3.05) is 39.6 Å². The van der Waals surface area contributed by atoms with Crippen LogP contribution in [0.2, 0.25) is 0 Å². The van der Waals surface area contributed by atoms with Crippen molar-refractivity contribution in [2.24, 2.45) is 0 Å². The molecule has 19 heteroatoms. The smallest absolute Gasteiger partial charge is 0.462 e. The lowest BCUT2D eigenvalue weighted by Gasteiger charge is -2.21. The number of phosphoric ester groups is 2. The SMILES string of the molecule is CC/C=C\C/C=C\C/C=C\CCCCCCCCCC(=O)OCC(COP(=O)(O)OCC(O)COP(=O)(O)OCC(COC(=O)CCCCCCC/C=C\CCCCCCCC)OC(=O)CCCCCCCCCCCCCCCCC)OC(=O)CCCCCCC/C=C\C/C=C\CCCCC. The minimum absolute atomic E-state index is 0.0791. The molecule has 3 N–H and O–H groups in total. The summed E-state index contributed by atoms with van der Waals surface area (Å²) in [5.41, 5.74) is 0. The molecule has 0 aliphatic rings. The van der Waals surface area contributed by atoms with E-state index in [1.165, 1.54) is 122 Å². The quantitative estimate of drug-likeness (QED) is 0.0169. The minimum Gasteiger partial charge on any atom is -0.462 e. The first-order chi connectivity index (χ1) is 49.7. The van der Waals surface area contributed by atoms with E-state index in [1.54, 1.807) is 0 Å². The topological polar surface area (TPSA) is 237 Å². The Kier molecular flexibility index (Phi) is 73.1. The van der Waals surface area contributed by atoms with Crippen LogP contribution in [0.4, 0.5) is 0 Å². The number of hydrogen-bond acceptors (Lipinski definition) is 15. The molecule has 0 aliphatic carbocycles. The van der Waals surface area contributed by atoms with Gasteiger partial charge in [-0.05, 0) is 116 Å². The van der Waals surface area contributed by atoms with Crippen LogP contribution in [0.25, 0.3) is 0 Å². The Morgan fingerprint density at radius 1 is 0.284 bits per heavy atom. The Labute approximate surface area is 622 Å². The molecule has 0 heterocycles. The summed E-state index contributed by atoms with van der Waals surface area (Å²) in [6.45, 7) is 4.78. The van der Waals surface area contributed by atoms with Crippen molar-refractivity contribution in [1.82, 2.24) is 0 Å². The van der Waals surface area contributed by atoms with Crippen molar-refractivity contribution in [3.05, 3.63) is 72.9 Å². The molecule has 0 saturated carbocycles. The Bertz CT molecular complexity index is 2210. The van der Waals surface area contributed by atoms with Crippen LogP contribution in [-0.2, 0) is 65.4 Å². The molecule has 0 bridgehead atoms. The van der Waals surface area contributed by atoms with Crippen LogP contribution in [0.1, 0.15) is 374 Å². The lowest BCUT2D eigenvalue weighted by atomic mass is 10.0. The van der Waals surface area contributed by atoms with Gasteiger partial charge in [0, 0.05) is 25.7 Å². The maximum atomic E-state index is 13.1. The van der Waals surface area contributed by atoms with Crippen LogP contribution >= 0.6 is 15.6 Å². The molecular weight excluding hydrogens is 1330 g/mol. The lowest BCUT2D eigenvalue weighted by molar-refractivity contribution is -0.161. The van der Waals surface area contributed by atoms with E-state index in [2.05, 4.69) is 101 Å². The number of allylic oxidation sites excluding steroid dienone is 12. The zero-order chi connectivity index (χ0) is 74.6. The van der Waals surface area contributed by atoms with Crippen molar-refractivity contribution >= 4 is 39.5 Å². The Balaban J connectivity index is 5.35. The molecule has 0 fully saturated rings.